The predicted octanol–water partition coefficient (Wildman–Crippen LogP) is 4.12. The van der Waals surface area contributed by atoms with E-state index in [1.807, 2.05) is 24.4 Å². The lowest BCUT2D eigenvalue weighted by Crippen LogP contribution is -2.28. The third-order valence-corrected chi connectivity index (χ3v) is 5.68. The van der Waals surface area contributed by atoms with Crippen LogP contribution in [0, 0.1) is 13.8 Å². The summed E-state index contributed by atoms with van der Waals surface area (Å²) in [5.74, 6) is 0.997. The molecule has 130 valence electrons. The fraction of sp³-hybridized carbons (Fsp3) is 0.278. The molecule has 0 aliphatic rings. The zero-order valence-corrected chi connectivity index (χ0v) is 16.0. The number of amides is 1. The van der Waals surface area contributed by atoms with Crippen molar-refractivity contribution >= 4 is 29.0 Å². The molecule has 1 amide bonds. The first kappa shape index (κ1) is 17.7. The number of carbonyl (C=O) groups excluding carboxylic acids is 1. The lowest BCUT2D eigenvalue weighted by molar-refractivity contribution is -0.119. The first-order valence-electron chi connectivity index (χ1n) is 7.98. The average molecular weight is 373 g/mol. The maximum Gasteiger partial charge on any atom is 0.230 e. The van der Waals surface area contributed by atoms with Gasteiger partial charge in [0.05, 0.1) is 16.7 Å². The summed E-state index contributed by atoms with van der Waals surface area (Å²) in [5, 5.41) is 12.7. The number of rotatable bonds is 6. The quantitative estimate of drug-likeness (QED) is 0.639. The Kier molecular flexibility index (Phi) is 5.55. The number of thioether (sulfide) groups is 1. The number of aromatic amines is 1. The monoisotopic (exact) mass is 372 g/mol. The van der Waals surface area contributed by atoms with E-state index in [1.165, 1.54) is 22.9 Å². The van der Waals surface area contributed by atoms with E-state index < -0.39 is 0 Å². The molecule has 2 N–H and O–H groups in total. The summed E-state index contributed by atoms with van der Waals surface area (Å²) in [6.07, 6.45) is 0. The number of aromatic nitrogens is 3. The number of carbonyl (C=O) groups is 1. The summed E-state index contributed by atoms with van der Waals surface area (Å²) in [6.45, 7) is 6.16. The van der Waals surface area contributed by atoms with Crippen molar-refractivity contribution in [2.45, 2.75) is 32.0 Å². The van der Waals surface area contributed by atoms with Crippen LogP contribution in [0.2, 0.25) is 0 Å². The highest BCUT2D eigenvalue weighted by molar-refractivity contribution is 7.99. The first-order valence-corrected chi connectivity index (χ1v) is 9.85. The molecule has 2 heterocycles. The number of H-pyrrole nitrogens is 1. The van der Waals surface area contributed by atoms with E-state index in [0.717, 1.165) is 16.3 Å². The second-order valence-corrected chi connectivity index (χ2v) is 7.76. The third-order valence-electron chi connectivity index (χ3n) is 3.96. The molecule has 0 aliphatic carbocycles. The van der Waals surface area contributed by atoms with Crippen molar-refractivity contribution < 1.29 is 4.79 Å². The molecule has 1 aromatic carbocycles. The van der Waals surface area contributed by atoms with E-state index in [-0.39, 0.29) is 17.7 Å². The van der Waals surface area contributed by atoms with Gasteiger partial charge in [0, 0.05) is 0 Å². The van der Waals surface area contributed by atoms with E-state index in [1.54, 1.807) is 11.3 Å². The summed E-state index contributed by atoms with van der Waals surface area (Å²) < 4.78 is 0. The third kappa shape index (κ3) is 4.49. The molecule has 0 bridgehead atoms. The molecule has 3 rings (SSSR count). The molecule has 3 aromatic rings. The Bertz CT molecular complexity index is 858. The van der Waals surface area contributed by atoms with E-state index in [4.69, 9.17) is 0 Å². The number of nitrogens with one attached hydrogen (secondary N) is 2. The smallest absolute Gasteiger partial charge is 0.230 e. The Morgan fingerprint density at radius 2 is 2.16 bits per heavy atom. The van der Waals surface area contributed by atoms with Gasteiger partial charge in [-0.3, -0.25) is 9.89 Å². The summed E-state index contributed by atoms with van der Waals surface area (Å²) in [6, 6.07) is 10.2. The molecule has 25 heavy (non-hydrogen) atoms. The Morgan fingerprint density at radius 3 is 2.88 bits per heavy atom. The highest BCUT2D eigenvalue weighted by atomic mass is 32.2. The Hall–Kier alpha value is -2.12. The van der Waals surface area contributed by atoms with E-state index >= 15 is 0 Å². The van der Waals surface area contributed by atoms with E-state index in [0.29, 0.717) is 5.16 Å². The van der Waals surface area contributed by atoms with Gasteiger partial charge in [-0.25, -0.2) is 4.98 Å². The van der Waals surface area contributed by atoms with Crippen LogP contribution in [-0.2, 0) is 4.79 Å². The lowest BCUT2D eigenvalue weighted by atomic mass is 10.0. The maximum atomic E-state index is 12.2. The second kappa shape index (κ2) is 7.84. The second-order valence-electron chi connectivity index (χ2n) is 5.87. The molecular formula is C18H20N4OS2. The molecule has 0 radical (unpaired) electrons. The molecule has 0 spiro atoms. The Labute approximate surface area is 155 Å². The SMILES string of the molecule is Cc1ccc(C(C)NC(=O)CSc2n[nH]c(-c3cccs3)n2)cc1C. The van der Waals surface area contributed by atoms with Gasteiger partial charge in [-0.2, -0.15) is 0 Å². The van der Waals surface area contributed by atoms with Crippen LogP contribution in [0.4, 0.5) is 0 Å². The van der Waals surface area contributed by atoms with Crippen molar-refractivity contribution in [3.63, 3.8) is 0 Å². The van der Waals surface area contributed by atoms with Gasteiger partial charge in [-0.1, -0.05) is 36.0 Å². The van der Waals surface area contributed by atoms with Crippen LogP contribution in [0.3, 0.4) is 0 Å². The molecule has 0 aliphatic heterocycles. The molecule has 0 saturated heterocycles. The molecule has 7 heteroatoms. The molecule has 0 fully saturated rings. The fourth-order valence-corrected chi connectivity index (χ4v) is 3.64. The van der Waals surface area contributed by atoms with Crippen LogP contribution in [-0.4, -0.2) is 26.8 Å². The zero-order chi connectivity index (χ0) is 17.8. The maximum absolute atomic E-state index is 12.2. The van der Waals surface area contributed by atoms with Crippen LogP contribution in [0.15, 0.2) is 40.9 Å². The fourth-order valence-electron chi connectivity index (χ4n) is 2.36. The standard InChI is InChI=1S/C18H20N4OS2/c1-11-6-7-14(9-12(11)2)13(3)19-16(23)10-25-18-20-17(21-22-18)15-5-4-8-24-15/h4-9,13H,10H2,1-3H3,(H,19,23)(H,20,21,22). The molecule has 5 nitrogen and oxygen atoms in total. The zero-order valence-electron chi connectivity index (χ0n) is 14.4. The summed E-state index contributed by atoms with van der Waals surface area (Å²) in [7, 11) is 0. The topological polar surface area (TPSA) is 70.7 Å². The van der Waals surface area contributed by atoms with Crippen molar-refractivity contribution in [1.29, 1.82) is 0 Å². The van der Waals surface area contributed by atoms with Gasteiger partial charge in [0.2, 0.25) is 11.1 Å². The molecular weight excluding hydrogens is 352 g/mol. The molecule has 2 aromatic heterocycles. The molecule has 1 unspecified atom stereocenters. The van der Waals surface area contributed by atoms with Gasteiger partial charge < -0.3 is 5.32 Å². The number of hydrogen-bond donors (Lipinski definition) is 2. The van der Waals surface area contributed by atoms with Crippen LogP contribution in [0.25, 0.3) is 10.7 Å². The Morgan fingerprint density at radius 1 is 1.32 bits per heavy atom. The average Bonchev–Trinajstić information content (AvgIpc) is 3.26. The van der Waals surface area contributed by atoms with Crippen molar-refractivity contribution in [3.05, 3.63) is 52.4 Å². The van der Waals surface area contributed by atoms with E-state index in [2.05, 4.69) is 52.5 Å². The number of hydrogen-bond acceptors (Lipinski definition) is 5. The van der Waals surface area contributed by atoms with Crippen LogP contribution >= 0.6 is 23.1 Å². The van der Waals surface area contributed by atoms with Crippen molar-refractivity contribution in [1.82, 2.24) is 20.5 Å². The number of aryl methyl sites for hydroxylation is 2. The van der Waals surface area contributed by atoms with Gasteiger partial charge >= 0.3 is 0 Å². The predicted molar refractivity (Wildman–Crippen MR) is 103 cm³/mol. The number of benzene rings is 1. The lowest BCUT2D eigenvalue weighted by Gasteiger charge is -2.15. The van der Waals surface area contributed by atoms with Gasteiger partial charge in [-0.05, 0) is 48.9 Å². The van der Waals surface area contributed by atoms with Gasteiger partial charge in [-0.15, -0.1) is 16.4 Å². The minimum atomic E-state index is -0.0294. The van der Waals surface area contributed by atoms with Crippen molar-refractivity contribution in [2.75, 3.05) is 5.75 Å². The van der Waals surface area contributed by atoms with E-state index in [9.17, 15) is 4.79 Å². The first-order chi connectivity index (χ1) is 12.0. The van der Waals surface area contributed by atoms with Crippen molar-refractivity contribution in [3.8, 4) is 10.7 Å². The number of thiophene rings is 1. The highest BCUT2D eigenvalue weighted by Crippen LogP contribution is 2.23. The van der Waals surface area contributed by atoms with Gasteiger partial charge in [0.15, 0.2) is 5.82 Å². The van der Waals surface area contributed by atoms with Gasteiger partial charge in [0.25, 0.3) is 0 Å². The normalized spacial score (nSPS) is 12.1. The minimum absolute atomic E-state index is 0.0266. The molecule has 0 saturated carbocycles. The van der Waals surface area contributed by atoms with Gasteiger partial charge in [0.1, 0.15) is 0 Å². The van der Waals surface area contributed by atoms with Crippen LogP contribution in [0.1, 0.15) is 29.7 Å². The summed E-state index contributed by atoms with van der Waals surface area (Å²) in [4.78, 5) is 17.6. The van der Waals surface area contributed by atoms with Crippen LogP contribution in [0.5, 0.6) is 0 Å². The van der Waals surface area contributed by atoms with Crippen molar-refractivity contribution in [2.24, 2.45) is 0 Å². The summed E-state index contributed by atoms with van der Waals surface area (Å²) >= 11 is 2.93. The Balaban J connectivity index is 1.53. The molecule has 1 atom stereocenters. The highest BCUT2D eigenvalue weighted by Gasteiger charge is 2.13. The summed E-state index contributed by atoms with van der Waals surface area (Å²) in [5.41, 5.74) is 3.60. The minimum Gasteiger partial charge on any atom is -0.349 e. The largest absolute Gasteiger partial charge is 0.349 e. The number of nitrogens with zero attached hydrogens (tertiary/aromatic N) is 2. The van der Waals surface area contributed by atoms with Crippen LogP contribution < -0.4 is 5.32 Å².